The van der Waals surface area contributed by atoms with Crippen molar-refractivity contribution in [3.05, 3.63) is 97.9 Å². The maximum atomic E-state index is 14.3. The number of nitrogens with one attached hydrogen (secondary N) is 1. The number of carbonyl (C=O) groups excluding carboxylic acids is 1. The van der Waals surface area contributed by atoms with Crippen molar-refractivity contribution in [2.24, 2.45) is 0 Å². The summed E-state index contributed by atoms with van der Waals surface area (Å²) in [6, 6.07) is 15.1. The minimum atomic E-state index is -0.802. The van der Waals surface area contributed by atoms with E-state index in [2.05, 4.69) is 9.97 Å². The number of hydrogen-bond donors (Lipinski definition) is 2. The van der Waals surface area contributed by atoms with Gasteiger partial charge in [0.2, 0.25) is 0 Å². The summed E-state index contributed by atoms with van der Waals surface area (Å²) in [5, 5.41) is 0.318. The molecule has 0 spiro atoms. The van der Waals surface area contributed by atoms with E-state index in [0.717, 1.165) is 21.5 Å². The molecule has 0 saturated heterocycles. The van der Waals surface area contributed by atoms with Crippen molar-refractivity contribution in [3.8, 4) is 10.6 Å². The third-order valence-corrected chi connectivity index (χ3v) is 6.27. The van der Waals surface area contributed by atoms with Crippen molar-refractivity contribution in [1.82, 2.24) is 14.5 Å². The lowest BCUT2D eigenvalue weighted by Crippen LogP contribution is -2.41. The van der Waals surface area contributed by atoms with Crippen LogP contribution in [0.25, 0.3) is 10.6 Å². The number of carbonyl (C=O) groups is 1. The largest absolute Gasteiger partial charge is 0.383 e. The predicted octanol–water partition coefficient (Wildman–Crippen LogP) is 2.87. The van der Waals surface area contributed by atoms with Crippen LogP contribution in [0.2, 0.25) is 0 Å². The number of aromatic amines is 1. The van der Waals surface area contributed by atoms with Crippen molar-refractivity contribution < 1.29 is 13.9 Å². The van der Waals surface area contributed by atoms with Gasteiger partial charge in [-0.2, -0.15) is 0 Å². The van der Waals surface area contributed by atoms with Crippen molar-refractivity contribution in [2.45, 2.75) is 13.1 Å². The molecule has 9 nitrogen and oxygen atoms in total. The zero-order valence-corrected chi connectivity index (χ0v) is 19.5. The topological polar surface area (TPSA) is 123 Å². The third-order valence-electron chi connectivity index (χ3n) is 5.25. The van der Waals surface area contributed by atoms with E-state index in [1.54, 1.807) is 42.5 Å². The van der Waals surface area contributed by atoms with Crippen LogP contribution in [0.15, 0.2) is 70.4 Å². The molecule has 4 aromatic rings. The van der Waals surface area contributed by atoms with Crippen molar-refractivity contribution in [3.63, 3.8) is 0 Å². The number of anilines is 2. The van der Waals surface area contributed by atoms with E-state index >= 15 is 0 Å². The molecule has 0 unspecified atom stereocenters. The minimum Gasteiger partial charge on any atom is -0.383 e. The smallest absolute Gasteiger partial charge is 0.330 e. The number of hydrogen-bond acceptors (Lipinski definition) is 7. The number of benzene rings is 2. The Morgan fingerprint density at radius 1 is 1.17 bits per heavy atom. The Hall–Kier alpha value is -4.09. The van der Waals surface area contributed by atoms with E-state index in [0.29, 0.717) is 5.01 Å². The molecule has 3 N–H and O–H groups in total. The zero-order valence-electron chi connectivity index (χ0n) is 18.7. The van der Waals surface area contributed by atoms with Gasteiger partial charge in [0.25, 0.3) is 11.5 Å². The molecule has 1 amide bonds. The van der Waals surface area contributed by atoms with Gasteiger partial charge in [-0.25, -0.2) is 14.2 Å². The number of amides is 1. The summed E-state index contributed by atoms with van der Waals surface area (Å²) < 4.78 is 20.4. The maximum absolute atomic E-state index is 14.3. The van der Waals surface area contributed by atoms with Gasteiger partial charge in [0.05, 0.1) is 25.9 Å². The number of ether oxygens (including phenoxy) is 1. The number of nitrogens with zero attached hydrogens (tertiary/aromatic N) is 3. The number of rotatable bonds is 8. The maximum Gasteiger partial charge on any atom is 0.330 e. The van der Waals surface area contributed by atoms with Crippen LogP contribution in [0.5, 0.6) is 0 Å². The second-order valence-electron chi connectivity index (χ2n) is 7.52. The van der Waals surface area contributed by atoms with Crippen LogP contribution in [0.4, 0.5) is 15.9 Å². The molecule has 0 bridgehead atoms. The first-order valence-corrected chi connectivity index (χ1v) is 11.4. The van der Waals surface area contributed by atoms with E-state index in [4.69, 9.17) is 10.5 Å². The van der Waals surface area contributed by atoms with E-state index in [-0.39, 0.29) is 41.6 Å². The van der Waals surface area contributed by atoms with Crippen LogP contribution < -0.4 is 21.9 Å². The molecule has 2 heterocycles. The van der Waals surface area contributed by atoms with Gasteiger partial charge in [-0.05, 0) is 17.7 Å². The molecular weight excluding hydrogens is 473 g/mol. The average Bonchev–Trinajstić information content (AvgIpc) is 3.34. The van der Waals surface area contributed by atoms with Gasteiger partial charge in [0.1, 0.15) is 21.5 Å². The summed E-state index contributed by atoms with van der Waals surface area (Å²) in [7, 11) is 1.47. The summed E-state index contributed by atoms with van der Waals surface area (Å²) in [6.45, 7) is 0.252. The van der Waals surface area contributed by atoms with Gasteiger partial charge in [-0.15, -0.1) is 11.3 Å². The number of H-pyrrole nitrogens is 1. The molecule has 4 rings (SSSR count). The molecule has 0 radical (unpaired) electrons. The second-order valence-corrected chi connectivity index (χ2v) is 8.55. The van der Waals surface area contributed by atoms with Crippen molar-refractivity contribution >= 4 is 28.7 Å². The highest BCUT2D eigenvalue weighted by Crippen LogP contribution is 2.30. The summed E-state index contributed by atoms with van der Waals surface area (Å²) >= 11 is 0.991. The van der Waals surface area contributed by atoms with Crippen LogP contribution in [-0.4, -0.2) is 34.2 Å². The highest BCUT2D eigenvalue weighted by atomic mass is 32.1. The van der Waals surface area contributed by atoms with Crippen LogP contribution in [-0.2, 0) is 17.8 Å². The number of nitrogen functional groups attached to an aromatic ring is 1. The van der Waals surface area contributed by atoms with Crippen molar-refractivity contribution in [2.75, 3.05) is 24.4 Å². The lowest BCUT2D eigenvalue weighted by Gasteiger charge is -2.24. The first kappa shape index (κ1) is 24.0. The molecule has 2 aromatic heterocycles. The fourth-order valence-electron chi connectivity index (χ4n) is 3.53. The summed E-state index contributed by atoms with van der Waals surface area (Å²) in [4.78, 5) is 46.7. The molecule has 0 fully saturated rings. The number of aromatic nitrogens is 3. The van der Waals surface area contributed by atoms with Gasteiger partial charge in [-0.3, -0.25) is 24.0 Å². The zero-order chi connectivity index (χ0) is 24.9. The number of thiazole rings is 1. The van der Waals surface area contributed by atoms with Crippen LogP contribution in [0.3, 0.4) is 0 Å². The first-order chi connectivity index (χ1) is 16.9. The number of methoxy groups -OCH3 is 1. The van der Waals surface area contributed by atoms with E-state index < -0.39 is 23.0 Å². The molecule has 11 heteroatoms. The van der Waals surface area contributed by atoms with Gasteiger partial charge >= 0.3 is 5.69 Å². The second kappa shape index (κ2) is 10.5. The lowest BCUT2D eigenvalue weighted by molar-refractivity contribution is 0.0988. The first-order valence-electron chi connectivity index (χ1n) is 10.6. The van der Waals surface area contributed by atoms with Gasteiger partial charge in [0, 0.05) is 12.7 Å². The minimum absolute atomic E-state index is 0.00235. The molecule has 0 aliphatic heterocycles. The van der Waals surface area contributed by atoms with Gasteiger partial charge in [-0.1, -0.05) is 42.5 Å². The quantitative estimate of drug-likeness (QED) is 0.388. The Bertz CT molecular complexity index is 1460. The Morgan fingerprint density at radius 2 is 1.89 bits per heavy atom. The monoisotopic (exact) mass is 495 g/mol. The molecule has 2 aromatic carbocycles. The van der Waals surface area contributed by atoms with Crippen molar-refractivity contribution in [1.29, 1.82) is 0 Å². The molecule has 0 aliphatic rings. The third kappa shape index (κ3) is 5.05. The summed E-state index contributed by atoms with van der Waals surface area (Å²) in [5.41, 5.74) is 5.55. The average molecular weight is 496 g/mol. The molecule has 0 atom stereocenters. The Labute approximate surface area is 203 Å². The predicted molar refractivity (Wildman–Crippen MR) is 132 cm³/mol. The Balaban J connectivity index is 1.81. The van der Waals surface area contributed by atoms with Crippen LogP contribution in [0.1, 0.15) is 15.2 Å². The summed E-state index contributed by atoms with van der Waals surface area (Å²) in [6.07, 6.45) is 1.33. The van der Waals surface area contributed by atoms with Crippen LogP contribution in [0, 0.1) is 5.82 Å². The normalized spacial score (nSPS) is 10.9. The molecule has 180 valence electrons. The van der Waals surface area contributed by atoms with E-state index in [1.165, 1.54) is 24.3 Å². The Kier molecular flexibility index (Phi) is 7.18. The van der Waals surface area contributed by atoms with Gasteiger partial charge in [0.15, 0.2) is 5.69 Å². The highest BCUT2D eigenvalue weighted by Gasteiger charge is 2.27. The standard InChI is InChI=1S/C24H22FN5O4S/c1-34-12-11-29-20(26)19(21(31)28-24(29)33)30(14-15-7-3-2-4-8-15)23(32)18-13-27-22(35-18)16-9-5-6-10-17(16)25/h2-10,13H,11-12,14,26H2,1H3,(H,28,31,33). The molecule has 0 saturated carbocycles. The summed E-state index contributed by atoms with van der Waals surface area (Å²) in [5.74, 6) is -1.20. The van der Waals surface area contributed by atoms with Crippen LogP contribution >= 0.6 is 11.3 Å². The van der Waals surface area contributed by atoms with E-state index in [1.807, 2.05) is 6.07 Å². The molecular formula is C24H22FN5O4S. The fraction of sp³-hybridized carbons (Fsp3) is 0.167. The molecule has 35 heavy (non-hydrogen) atoms. The van der Waals surface area contributed by atoms with E-state index in [9.17, 15) is 18.8 Å². The van der Waals surface area contributed by atoms with Gasteiger partial charge < -0.3 is 10.5 Å². The fourth-order valence-corrected chi connectivity index (χ4v) is 4.42. The lowest BCUT2D eigenvalue weighted by atomic mass is 10.2. The SMILES string of the molecule is COCCn1c(N)c(N(Cc2ccccc2)C(=O)c2cnc(-c3ccccc3F)s2)c(=O)[nH]c1=O. The number of halogens is 1. The number of nitrogens with two attached hydrogens (primary N) is 1. The highest BCUT2D eigenvalue weighted by molar-refractivity contribution is 7.17. The molecule has 0 aliphatic carbocycles. The Morgan fingerprint density at radius 3 is 2.60 bits per heavy atom.